The van der Waals surface area contributed by atoms with E-state index in [1.165, 1.54) is 35.8 Å². The number of likely N-dealkylation sites (N-methyl/N-ethyl adjacent to an activating group) is 2. The van der Waals surface area contributed by atoms with E-state index >= 15 is 0 Å². The number of ether oxygens (including phenoxy) is 2. The molecule has 0 amide bonds. The van der Waals surface area contributed by atoms with Gasteiger partial charge in [0.25, 0.3) is 0 Å². The van der Waals surface area contributed by atoms with Crippen LogP contribution in [0.15, 0.2) is 0 Å². The first-order chi connectivity index (χ1) is 8.60. The Bertz CT molecular complexity index is 240. The van der Waals surface area contributed by atoms with Crippen LogP contribution in [0, 0.1) is 0 Å². The average Bonchev–Trinajstić information content (AvgIpc) is 2.41. The van der Waals surface area contributed by atoms with Gasteiger partial charge in [-0.2, -0.15) is 0 Å². The van der Waals surface area contributed by atoms with Crippen molar-refractivity contribution in [1.29, 1.82) is 0 Å². The topological polar surface area (TPSA) is 76.7 Å². The normalized spacial score (nSPS) is 13.8. The molecule has 0 saturated heterocycles. The van der Waals surface area contributed by atoms with Gasteiger partial charge < -0.3 is 20.1 Å². The molecule has 0 aromatic rings. The molecule has 0 heterocycles. The van der Waals surface area contributed by atoms with E-state index in [1.54, 1.807) is 14.1 Å². The van der Waals surface area contributed by atoms with Gasteiger partial charge in [-0.05, 0) is 14.1 Å². The number of nitrogens with one attached hydrogen (secondary N) is 2. The van der Waals surface area contributed by atoms with Crippen molar-refractivity contribution in [2.75, 3.05) is 39.8 Å². The molecule has 2 atom stereocenters. The van der Waals surface area contributed by atoms with Crippen LogP contribution >= 0.6 is 21.6 Å². The van der Waals surface area contributed by atoms with Crippen molar-refractivity contribution in [1.82, 2.24) is 10.6 Å². The molecule has 0 aliphatic carbocycles. The van der Waals surface area contributed by atoms with E-state index in [-0.39, 0.29) is 24.0 Å². The smallest absolute Gasteiger partial charge is 0.323 e. The summed E-state index contributed by atoms with van der Waals surface area (Å²) in [7, 11) is 9.15. The first kappa shape index (κ1) is 17.6. The Kier molecular flexibility index (Phi) is 10.2. The molecular weight excluding hydrogens is 276 g/mol. The third kappa shape index (κ3) is 6.48. The molecule has 0 saturated carbocycles. The molecule has 0 aliphatic heterocycles. The van der Waals surface area contributed by atoms with E-state index in [1.807, 2.05) is 0 Å². The lowest BCUT2D eigenvalue weighted by Crippen LogP contribution is -2.38. The third-order valence-corrected chi connectivity index (χ3v) is 4.64. The monoisotopic (exact) mass is 296 g/mol. The molecule has 0 spiro atoms. The van der Waals surface area contributed by atoms with Crippen LogP contribution < -0.4 is 10.6 Å². The summed E-state index contributed by atoms with van der Waals surface area (Å²) in [5.41, 5.74) is 0. The Labute approximate surface area is 115 Å². The van der Waals surface area contributed by atoms with Gasteiger partial charge in [-0.15, -0.1) is 0 Å². The van der Waals surface area contributed by atoms with Crippen LogP contribution in [0.25, 0.3) is 0 Å². The maximum atomic E-state index is 11.3. The summed E-state index contributed by atoms with van der Waals surface area (Å²) >= 11 is 0. The molecule has 0 bridgehead atoms. The van der Waals surface area contributed by atoms with Gasteiger partial charge >= 0.3 is 11.9 Å². The van der Waals surface area contributed by atoms with Crippen LogP contribution in [0.1, 0.15) is 0 Å². The second-order valence-electron chi connectivity index (χ2n) is 3.30. The summed E-state index contributed by atoms with van der Waals surface area (Å²) in [6.45, 7) is 0. The third-order valence-electron chi connectivity index (χ3n) is 2.22. The number of methoxy groups -OCH3 is 2. The minimum absolute atomic E-state index is 0.288. The number of carbonyl (C=O) groups is 2. The van der Waals surface area contributed by atoms with E-state index in [0.29, 0.717) is 11.5 Å². The lowest BCUT2D eigenvalue weighted by atomic mass is 10.3. The largest absolute Gasteiger partial charge is 0.468 e. The number of esters is 2. The van der Waals surface area contributed by atoms with Gasteiger partial charge in [-0.3, -0.25) is 9.59 Å². The highest BCUT2D eigenvalue weighted by Crippen LogP contribution is 2.23. The van der Waals surface area contributed by atoms with Crippen molar-refractivity contribution in [2.24, 2.45) is 0 Å². The fourth-order valence-electron chi connectivity index (χ4n) is 1.06. The molecule has 2 N–H and O–H groups in total. The summed E-state index contributed by atoms with van der Waals surface area (Å²) in [4.78, 5) is 22.6. The van der Waals surface area contributed by atoms with Crippen LogP contribution in [0.2, 0.25) is 0 Å². The number of hydrogen-bond donors (Lipinski definition) is 2. The highest BCUT2D eigenvalue weighted by atomic mass is 33.1. The zero-order valence-electron chi connectivity index (χ0n) is 11.0. The Hall–Kier alpha value is -0.440. The van der Waals surface area contributed by atoms with Crippen molar-refractivity contribution < 1.29 is 19.1 Å². The molecule has 2 unspecified atom stereocenters. The van der Waals surface area contributed by atoms with E-state index in [4.69, 9.17) is 0 Å². The minimum Gasteiger partial charge on any atom is -0.468 e. The van der Waals surface area contributed by atoms with Gasteiger partial charge in [-0.25, -0.2) is 0 Å². The first-order valence-electron chi connectivity index (χ1n) is 5.35. The van der Waals surface area contributed by atoms with E-state index in [2.05, 4.69) is 20.1 Å². The molecule has 0 aromatic heterocycles. The lowest BCUT2D eigenvalue weighted by Gasteiger charge is -2.15. The summed E-state index contributed by atoms with van der Waals surface area (Å²) in [6.07, 6.45) is 0. The quantitative estimate of drug-likeness (QED) is 0.347. The molecule has 0 radical (unpaired) electrons. The molecule has 6 nitrogen and oxygen atoms in total. The molecule has 8 heteroatoms. The van der Waals surface area contributed by atoms with Crippen molar-refractivity contribution in [2.45, 2.75) is 12.1 Å². The summed E-state index contributed by atoms with van der Waals surface area (Å²) in [5, 5.41) is 5.75. The Morgan fingerprint density at radius 1 is 0.944 bits per heavy atom. The van der Waals surface area contributed by atoms with Gasteiger partial charge in [-0.1, -0.05) is 21.6 Å². The van der Waals surface area contributed by atoms with E-state index < -0.39 is 0 Å². The Morgan fingerprint density at radius 3 is 1.50 bits per heavy atom. The van der Waals surface area contributed by atoms with Crippen LogP contribution in [-0.2, 0) is 19.1 Å². The van der Waals surface area contributed by atoms with Crippen LogP contribution in [-0.4, -0.2) is 63.8 Å². The minimum atomic E-state index is -0.335. The number of carbonyl (C=O) groups excluding carboxylic acids is 2. The Morgan fingerprint density at radius 2 is 1.28 bits per heavy atom. The zero-order chi connectivity index (χ0) is 14.0. The van der Waals surface area contributed by atoms with Crippen LogP contribution in [0.4, 0.5) is 0 Å². The number of hydrogen-bond acceptors (Lipinski definition) is 8. The van der Waals surface area contributed by atoms with Crippen molar-refractivity contribution in [3.05, 3.63) is 0 Å². The highest BCUT2D eigenvalue weighted by Gasteiger charge is 2.19. The van der Waals surface area contributed by atoms with Crippen LogP contribution in [0.3, 0.4) is 0 Å². The second-order valence-corrected chi connectivity index (χ2v) is 5.85. The molecule has 18 heavy (non-hydrogen) atoms. The zero-order valence-corrected chi connectivity index (χ0v) is 12.7. The maximum Gasteiger partial charge on any atom is 0.323 e. The fraction of sp³-hybridized carbons (Fsp3) is 0.800. The van der Waals surface area contributed by atoms with Crippen LogP contribution in [0.5, 0.6) is 0 Å². The van der Waals surface area contributed by atoms with Crippen molar-refractivity contribution in [3.63, 3.8) is 0 Å². The summed E-state index contributed by atoms with van der Waals surface area (Å²) in [5.74, 6) is 0.573. The highest BCUT2D eigenvalue weighted by molar-refractivity contribution is 8.76. The van der Waals surface area contributed by atoms with Gasteiger partial charge in [0.1, 0.15) is 12.1 Å². The Balaban J connectivity index is 3.89. The predicted molar refractivity (Wildman–Crippen MR) is 74.6 cm³/mol. The molecule has 0 rings (SSSR count). The van der Waals surface area contributed by atoms with Gasteiger partial charge in [0.15, 0.2) is 0 Å². The fourth-order valence-corrected chi connectivity index (χ4v) is 3.52. The predicted octanol–water partition coefficient (Wildman–Crippen LogP) is -0.110. The summed E-state index contributed by atoms with van der Waals surface area (Å²) < 4.78 is 9.30. The van der Waals surface area contributed by atoms with E-state index in [9.17, 15) is 9.59 Å². The molecule has 106 valence electrons. The molecular formula is C10H20N2O4S2. The first-order valence-corrected chi connectivity index (χ1v) is 7.84. The summed E-state index contributed by atoms with van der Waals surface area (Å²) in [6, 6.07) is -0.669. The van der Waals surface area contributed by atoms with Crippen molar-refractivity contribution in [3.8, 4) is 0 Å². The average molecular weight is 296 g/mol. The molecule has 0 aliphatic rings. The lowest BCUT2D eigenvalue weighted by molar-refractivity contribution is -0.143. The standard InChI is InChI=1S/C10H20N2O4S2/c1-11-7(9(13)15-3)5-17-18-6-8(12-2)10(14)16-4/h7-8,11-12H,5-6H2,1-4H3. The number of rotatable bonds is 9. The molecule has 0 fully saturated rings. The van der Waals surface area contributed by atoms with Gasteiger partial charge in [0, 0.05) is 11.5 Å². The van der Waals surface area contributed by atoms with Gasteiger partial charge in [0.2, 0.25) is 0 Å². The van der Waals surface area contributed by atoms with E-state index in [0.717, 1.165) is 0 Å². The van der Waals surface area contributed by atoms with Gasteiger partial charge in [0.05, 0.1) is 14.2 Å². The SMILES string of the molecule is CNC(CSSCC(NC)C(=O)OC)C(=O)OC. The van der Waals surface area contributed by atoms with Crippen molar-refractivity contribution >= 4 is 33.5 Å². The maximum absolute atomic E-state index is 11.3. The second kappa shape index (κ2) is 10.5. The molecule has 0 aromatic carbocycles.